The third-order valence-corrected chi connectivity index (χ3v) is 3.41. The van der Waals surface area contributed by atoms with E-state index >= 15 is 0 Å². The summed E-state index contributed by atoms with van der Waals surface area (Å²) in [6.07, 6.45) is 1.76. The van der Waals surface area contributed by atoms with Gasteiger partial charge in [-0.05, 0) is 38.5 Å². The van der Waals surface area contributed by atoms with E-state index in [1.807, 2.05) is 43.5 Å². The van der Waals surface area contributed by atoms with E-state index in [0.29, 0.717) is 11.4 Å². The molecule has 2 heterocycles. The molecule has 0 aliphatic heterocycles. The van der Waals surface area contributed by atoms with E-state index in [2.05, 4.69) is 11.1 Å². The minimum atomic E-state index is 0.0204. The number of anilines is 1. The number of pyridine rings is 1. The monoisotopic (exact) mass is 240 g/mol. The fourth-order valence-electron chi connectivity index (χ4n) is 2.25. The summed E-state index contributed by atoms with van der Waals surface area (Å²) in [6.45, 7) is 5.93. The Hall–Kier alpha value is -2.28. The zero-order chi connectivity index (χ0) is 13.3. The largest absolute Gasteiger partial charge is 0.384 e. The van der Waals surface area contributed by atoms with Crippen molar-refractivity contribution in [2.24, 2.45) is 0 Å². The summed E-state index contributed by atoms with van der Waals surface area (Å²) < 4.78 is 1.97. The minimum Gasteiger partial charge on any atom is -0.384 e. The summed E-state index contributed by atoms with van der Waals surface area (Å²) in [5, 5.41) is 9.13. The maximum atomic E-state index is 9.13. The molecule has 2 aromatic rings. The summed E-state index contributed by atoms with van der Waals surface area (Å²) in [5.41, 5.74) is 9.53. The molecule has 1 unspecified atom stereocenters. The summed E-state index contributed by atoms with van der Waals surface area (Å²) in [6, 6.07) is 7.98. The van der Waals surface area contributed by atoms with Crippen LogP contribution in [-0.4, -0.2) is 9.55 Å². The molecule has 2 rings (SSSR count). The maximum absolute atomic E-state index is 9.13. The summed E-state index contributed by atoms with van der Waals surface area (Å²) >= 11 is 0. The highest BCUT2D eigenvalue weighted by Gasteiger charge is 2.20. The number of rotatable bonds is 2. The van der Waals surface area contributed by atoms with Crippen LogP contribution in [0.1, 0.15) is 35.5 Å². The average Bonchev–Trinajstić information content (AvgIpc) is 2.60. The smallest absolute Gasteiger partial charge is 0.122 e. The van der Waals surface area contributed by atoms with Gasteiger partial charge in [0, 0.05) is 11.9 Å². The number of aromatic nitrogens is 2. The number of nitrogens with zero attached hydrogens (tertiary/aromatic N) is 3. The number of hydrogen-bond donors (Lipinski definition) is 1. The van der Waals surface area contributed by atoms with Gasteiger partial charge in [0.2, 0.25) is 0 Å². The van der Waals surface area contributed by atoms with Crippen LogP contribution in [0.3, 0.4) is 0 Å². The first kappa shape index (κ1) is 12.2. The standard InChI is InChI=1S/C14H16N4/c1-9-10(2)18(14(16)12(9)8-15)11(3)13-6-4-5-7-17-13/h4-7,11H,16H2,1-3H3. The molecule has 92 valence electrons. The van der Waals surface area contributed by atoms with Crippen LogP contribution in [0.4, 0.5) is 5.82 Å². The van der Waals surface area contributed by atoms with Gasteiger partial charge in [0.05, 0.1) is 17.3 Å². The van der Waals surface area contributed by atoms with Crippen LogP contribution < -0.4 is 5.73 Å². The lowest BCUT2D eigenvalue weighted by atomic mass is 10.2. The Morgan fingerprint density at radius 2 is 2.11 bits per heavy atom. The molecule has 0 fully saturated rings. The van der Waals surface area contributed by atoms with Gasteiger partial charge >= 0.3 is 0 Å². The minimum absolute atomic E-state index is 0.0204. The fraction of sp³-hybridized carbons (Fsp3) is 0.286. The lowest BCUT2D eigenvalue weighted by Gasteiger charge is -2.17. The first-order valence-corrected chi connectivity index (χ1v) is 5.85. The van der Waals surface area contributed by atoms with Gasteiger partial charge in [-0.15, -0.1) is 0 Å². The van der Waals surface area contributed by atoms with Crippen molar-refractivity contribution < 1.29 is 0 Å². The van der Waals surface area contributed by atoms with E-state index in [0.717, 1.165) is 17.0 Å². The van der Waals surface area contributed by atoms with Gasteiger partial charge in [0.1, 0.15) is 11.9 Å². The van der Waals surface area contributed by atoms with E-state index in [1.54, 1.807) is 6.20 Å². The second-order valence-corrected chi connectivity index (χ2v) is 4.38. The summed E-state index contributed by atoms with van der Waals surface area (Å²) in [7, 11) is 0. The molecule has 2 aromatic heterocycles. The molecule has 0 aromatic carbocycles. The Bertz CT molecular complexity index is 605. The quantitative estimate of drug-likeness (QED) is 0.877. The molecule has 4 heteroatoms. The lowest BCUT2D eigenvalue weighted by Crippen LogP contribution is -2.12. The fourth-order valence-corrected chi connectivity index (χ4v) is 2.25. The molecular weight excluding hydrogens is 224 g/mol. The molecule has 0 bridgehead atoms. The molecule has 0 radical (unpaired) electrons. The SMILES string of the molecule is Cc1c(C#N)c(N)n(C(C)c2ccccn2)c1C. The first-order valence-electron chi connectivity index (χ1n) is 5.85. The number of nitrogens with two attached hydrogens (primary N) is 1. The molecule has 18 heavy (non-hydrogen) atoms. The summed E-state index contributed by atoms with van der Waals surface area (Å²) in [4.78, 5) is 4.34. The van der Waals surface area contributed by atoms with Crippen LogP contribution in [0.25, 0.3) is 0 Å². The van der Waals surface area contributed by atoms with Crippen molar-refractivity contribution in [3.05, 3.63) is 46.9 Å². The van der Waals surface area contributed by atoms with Crippen molar-refractivity contribution in [3.63, 3.8) is 0 Å². The van der Waals surface area contributed by atoms with Crippen molar-refractivity contribution in [2.45, 2.75) is 26.8 Å². The van der Waals surface area contributed by atoms with E-state index in [4.69, 9.17) is 11.0 Å². The van der Waals surface area contributed by atoms with Gasteiger partial charge in [-0.3, -0.25) is 4.98 Å². The van der Waals surface area contributed by atoms with Crippen LogP contribution >= 0.6 is 0 Å². The lowest BCUT2D eigenvalue weighted by molar-refractivity contribution is 0.615. The highest BCUT2D eigenvalue weighted by Crippen LogP contribution is 2.29. The third kappa shape index (κ3) is 1.74. The molecule has 2 N–H and O–H groups in total. The number of nitrogen functional groups attached to an aromatic ring is 1. The van der Waals surface area contributed by atoms with Crippen LogP contribution in [0.15, 0.2) is 24.4 Å². The molecule has 0 saturated heterocycles. The van der Waals surface area contributed by atoms with Gasteiger partial charge in [0.15, 0.2) is 0 Å². The maximum Gasteiger partial charge on any atom is 0.122 e. The highest BCUT2D eigenvalue weighted by molar-refractivity contribution is 5.58. The second-order valence-electron chi connectivity index (χ2n) is 4.38. The van der Waals surface area contributed by atoms with Gasteiger partial charge < -0.3 is 10.3 Å². The predicted molar refractivity (Wildman–Crippen MR) is 71.1 cm³/mol. The molecule has 0 aliphatic carbocycles. The normalized spacial score (nSPS) is 12.1. The van der Waals surface area contributed by atoms with Crippen molar-refractivity contribution in [3.8, 4) is 6.07 Å². The Morgan fingerprint density at radius 3 is 2.61 bits per heavy atom. The highest BCUT2D eigenvalue weighted by atomic mass is 15.1. The van der Waals surface area contributed by atoms with E-state index in [9.17, 15) is 0 Å². The van der Waals surface area contributed by atoms with Crippen molar-refractivity contribution >= 4 is 5.82 Å². The zero-order valence-electron chi connectivity index (χ0n) is 10.8. The van der Waals surface area contributed by atoms with Gasteiger partial charge in [-0.1, -0.05) is 6.07 Å². The van der Waals surface area contributed by atoms with Crippen LogP contribution in [-0.2, 0) is 0 Å². The number of nitriles is 1. The van der Waals surface area contributed by atoms with Crippen LogP contribution in [0.5, 0.6) is 0 Å². The molecule has 0 amide bonds. The van der Waals surface area contributed by atoms with Crippen LogP contribution in [0.2, 0.25) is 0 Å². The molecule has 1 atom stereocenters. The van der Waals surface area contributed by atoms with Crippen molar-refractivity contribution in [1.82, 2.24) is 9.55 Å². The van der Waals surface area contributed by atoms with E-state index in [1.165, 1.54) is 0 Å². The third-order valence-electron chi connectivity index (χ3n) is 3.41. The van der Waals surface area contributed by atoms with Crippen molar-refractivity contribution in [1.29, 1.82) is 5.26 Å². The van der Waals surface area contributed by atoms with Crippen molar-refractivity contribution in [2.75, 3.05) is 5.73 Å². The Morgan fingerprint density at radius 1 is 1.39 bits per heavy atom. The first-order chi connectivity index (χ1) is 8.57. The zero-order valence-corrected chi connectivity index (χ0v) is 10.8. The average molecular weight is 240 g/mol. The summed E-state index contributed by atoms with van der Waals surface area (Å²) in [5.74, 6) is 0.519. The molecule has 0 spiro atoms. The molecule has 0 saturated carbocycles. The predicted octanol–water partition coefficient (Wildman–Crippen LogP) is 2.56. The Labute approximate surface area is 107 Å². The van der Waals surface area contributed by atoms with Crippen LogP contribution in [0, 0.1) is 25.2 Å². The van der Waals surface area contributed by atoms with E-state index in [-0.39, 0.29) is 6.04 Å². The van der Waals surface area contributed by atoms with E-state index < -0.39 is 0 Å². The molecular formula is C14H16N4. The van der Waals surface area contributed by atoms with Gasteiger partial charge in [0.25, 0.3) is 0 Å². The second kappa shape index (κ2) is 4.53. The topological polar surface area (TPSA) is 67.6 Å². The number of hydrogen-bond acceptors (Lipinski definition) is 3. The van der Waals surface area contributed by atoms with Gasteiger partial charge in [-0.2, -0.15) is 5.26 Å². The Kier molecular flexibility index (Phi) is 3.07. The molecule has 4 nitrogen and oxygen atoms in total. The Balaban J connectivity index is 2.57. The van der Waals surface area contributed by atoms with Gasteiger partial charge in [-0.25, -0.2) is 0 Å². The molecule has 0 aliphatic rings.